The molecule has 1 saturated heterocycles. The molecule has 0 bridgehead atoms. The monoisotopic (exact) mass is 315 g/mol. The highest BCUT2D eigenvalue weighted by molar-refractivity contribution is 7.17. The molecule has 0 aromatic carbocycles. The number of carbonyl (C=O) groups excluding carboxylic acids is 1. The molecule has 1 aliphatic heterocycles. The number of fused-ring (bicyclic) bond motifs is 1. The molecule has 4 rings (SSSR count). The van der Waals surface area contributed by atoms with E-state index in [0.29, 0.717) is 5.69 Å². The van der Waals surface area contributed by atoms with Gasteiger partial charge in [-0.3, -0.25) is 4.79 Å². The van der Waals surface area contributed by atoms with Gasteiger partial charge in [0.15, 0.2) is 0 Å². The predicted octanol–water partition coefficient (Wildman–Crippen LogP) is 3.81. The van der Waals surface area contributed by atoms with Gasteiger partial charge in [-0.1, -0.05) is 5.16 Å². The molecule has 0 radical (unpaired) electrons. The number of nitrogens with one attached hydrogen (secondary N) is 1. The van der Waals surface area contributed by atoms with E-state index in [2.05, 4.69) is 10.1 Å². The van der Waals surface area contributed by atoms with Gasteiger partial charge < -0.3 is 14.4 Å². The normalized spacial score (nSPS) is 18.5. The summed E-state index contributed by atoms with van der Waals surface area (Å²) in [5.41, 5.74) is 3.65. The first-order chi connectivity index (χ1) is 10.6. The van der Waals surface area contributed by atoms with Crippen LogP contribution in [0.1, 0.15) is 46.4 Å². The largest absolute Gasteiger partial charge is 0.361 e. The number of hydrogen-bond donors (Lipinski definition) is 1. The third kappa shape index (κ3) is 1.98. The molecule has 1 N–H and O–H groups in total. The van der Waals surface area contributed by atoms with E-state index in [9.17, 15) is 4.79 Å². The zero-order valence-corrected chi connectivity index (χ0v) is 13.4. The second-order valence-electron chi connectivity index (χ2n) is 5.78. The Labute approximate surface area is 131 Å². The molecule has 6 heteroatoms. The maximum atomic E-state index is 12.9. The average molecular weight is 315 g/mol. The lowest BCUT2D eigenvalue weighted by molar-refractivity contribution is 0.0729. The summed E-state index contributed by atoms with van der Waals surface area (Å²) in [4.78, 5) is 18.1. The number of nitrogens with zero attached hydrogens (tertiary/aromatic N) is 2. The van der Waals surface area contributed by atoms with E-state index in [1.165, 1.54) is 0 Å². The van der Waals surface area contributed by atoms with E-state index in [1.54, 1.807) is 11.3 Å². The van der Waals surface area contributed by atoms with Gasteiger partial charge in [-0.25, -0.2) is 0 Å². The molecule has 5 nitrogen and oxygen atoms in total. The highest BCUT2D eigenvalue weighted by Gasteiger charge is 2.34. The van der Waals surface area contributed by atoms with Crippen molar-refractivity contribution in [2.45, 2.75) is 32.7 Å². The fourth-order valence-electron chi connectivity index (χ4n) is 3.39. The third-order valence-electron chi connectivity index (χ3n) is 4.41. The molecule has 1 fully saturated rings. The molecule has 0 spiro atoms. The number of aromatic amines is 1. The SMILES string of the molecule is Cc1noc(C)c1[C@H]1CCCN1C(=O)c1cc2sccc2[nH]1. The van der Waals surface area contributed by atoms with Gasteiger partial charge in [0.1, 0.15) is 11.5 Å². The summed E-state index contributed by atoms with van der Waals surface area (Å²) in [7, 11) is 0. The molecule has 1 atom stereocenters. The van der Waals surface area contributed by atoms with Gasteiger partial charge in [0.25, 0.3) is 5.91 Å². The fraction of sp³-hybridized carbons (Fsp3) is 0.375. The lowest BCUT2D eigenvalue weighted by Gasteiger charge is -2.24. The summed E-state index contributed by atoms with van der Waals surface area (Å²) in [6.45, 7) is 4.64. The summed E-state index contributed by atoms with van der Waals surface area (Å²) in [6.07, 6.45) is 1.97. The molecule has 0 saturated carbocycles. The van der Waals surface area contributed by atoms with Gasteiger partial charge in [-0.05, 0) is 44.2 Å². The molecule has 0 aliphatic carbocycles. The number of thiophene rings is 1. The average Bonchev–Trinajstić information content (AvgIpc) is 3.21. The Bertz CT molecular complexity index is 797. The van der Waals surface area contributed by atoms with E-state index in [-0.39, 0.29) is 11.9 Å². The topological polar surface area (TPSA) is 62.1 Å². The maximum Gasteiger partial charge on any atom is 0.270 e. The summed E-state index contributed by atoms with van der Waals surface area (Å²) >= 11 is 1.64. The Morgan fingerprint density at radius 1 is 1.50 bits per heavy atom. The number of rotatable bonds is 2. The number of amides is 1. The molecule has 3 aromatic rings. The molecule has 4 heterocycles. The van der Waals surface area contributed by atoms with E-state index < -0.39 is 0 Å². The van der Waals surface area contributed by atoms with Crippen LogP contribution in [0.15, 0.2) is 22.0 Å². The van der Waals surface area contributed by atoms with E-state index >= 15 is 0 Å². The maximum absolute atomic E-state index is 12.9. The van der Waals surface area contributed by atoms with Gasteiger partial charge in [0, 0.05) is 12.1 Å². The Kier molecular flexibility index (Phi) is 3.07. The van der Waals surface area contributed by atoms with Crippen LogP contribution in [0.2, 0.25) is 0 Å². The van der Waals surface area contributed by atoms with Crippen molar-refractivity contribution in [2.24, 2.45) is 0 Å². The lowest BCUT2D eigenvalue weighted by Crippen LogP contribution is -2.31. The van der Waals surface area contributed by atoms with E-state index in [4.69, 9.17) is 4.52 Å². The minimum Gasteiger partial charge on any atom is -0.361 e. The van der Waals surface area contributed by atoms with Crippen LogP contribution in [0.4, 0.5) is 0 Å². The smallest absolute Gasteiger partial charge is 0.270 e. The standard InChI is InChI=1S/C16H17N3O2S/c1-9-15(10(2)21-18-9)13-4-3-6-19(13)16(20)12-8-14-11(17-12)5-7-22-14/h5,7-8,13,17H,3-4,6H2,1-2H3/t13-/m1/s1. The molecule has 1 amide bonds. The number of aryl methyl sites for hydroxylation is 2. The summed E-state index contributed by atoms with van der Waals surface area (Å²) in [6, 6.07) is 4.03. The van der Waals surface area contributed by atoms with Crippen LogP contribution in [0.3, 0.4) is 0 Å². The first-order valence-electron chi connectivity index (χ1n) is 7.45. The summed E-state index contributed by atoms with van der Waals surface area (Å²) < 4.78 is 6.40. The van der Waals surface area contributed by atoms with Crippen LogP contribution >= 0.6 is 11.3 Å². The van der Waals surface area contributed by atoms with Gasteiger partial charge in [-0.2, -0.15) is 0 Å². The Hall–Kier alpha value is -2.08. The minimum atomic E-state index is 0.0610. The Morgan fingerprint density at radius 3 is 3.09 bits per heavy atom. The highest BCUT2D eigenvalue weighted by atomic mass is 32.1. The number of H-pyrrole nitrogens is 1. The second kappa shape index (κ2) is 4.98. The Balaban J connectivity index is 1.68. The molecule has 1 aliphatic rings. The van der Waals surface area contributed by atoms with Gasteiger partial charge in [-0.15, -0.1) is 11.3 Å². The first-order valence-corrected chi connectivity index (χ1v) is 8.33. The van der Waals surface area contributed by atoms with Crippen LogP contribution in [0.5, 0.6) is 0 Å². The molecular formula is C16H17N3O2S. The molecular weight excluding hydrogens is 298 g/mol. The number of aromatic nitrogens is 2. The zero-order valence-electron chi connectivity index (χ0n) is 12.5. The number of hydrogen-bond acceptors (Lipinski definition) is 4. The highest BCUT2D eigenvalue weighted by Crippen LogP contribution is 2.36. The third-order valence-corrected chi connectivity index (χ3v) is 5.27. The zero-order chi connectivity index (χ0) is 15.3. The quantitative estimate of drug-likeness (QED) is 0.782. The van der Waals surface area contributed by atoms with Crippen molar-refractivity contribution in [1.82, 2.24) is 15.0 Å². The molecule has 0 unspecified atom stereocenters. The summed E-state index contributed by atoms with van der Waals surface area (Å²) in [5.74, 6) is 0.876. The van der Waals surface area contributed by atoms with Crippen LogP contribution < -0.4 is 0 Å². The molecule has 3 aromatic heterocycles. The van der Waals surface area contributed by atoms with Crippen molar-refractivity contribution in [3.05, 3.63) is 40.2 Å². The minimum absolute atomic E-state index is 0.0610. The second-order valence-corrected chi connectivity index (χ2v) is 6.72. The van der Waals surface area contributed by atoms with Crippen LogP contribution in [-0.2, 0) is 0 Å². The number of likely N-dealkylation sites (tertiary alicyclic amines) is 1. The van der Waals surface area contributed by atoms with Crippen molar-refractivity contribution in [3.63, 3.8) is 0 Å². The predicted molar refractivity (Wildman–Crippen MR) is 85.2 cm³/mol. The van der Waals surface area contributed by atoms with Crippen molar-refractivity contribution in [2.75, 3.05) is 6.54 Å². The van der Waals surface area contributed by atoms with Crippen molar-refractivity contribution >= 4 is 27.5 Å². The first kappa shape index (κ1) is 13.6. The lowest BCUT2D eigenvalue weighted by atomic mass is 10.0. The van der Waals surface area contributed by atoms with Crippen molar-refractivity contribution < 1.29 is 9.32 Å². The van der Waals surface area contributed by atoms with E-state index in [0.717, 1.165) is 46.6 Å². The fourth-order valence-corrected chi connectivity index (χ4v) is 4.18. The Morgan fingerprint density at radius 2 is 2.36 bits per heavy atom. The van der Waals surface area contributed by atoms with Crippen molar-refractivity contribution in [1.29, 1.82) is 0 Å². The van der Waals surface area contributed by atoms with Crippen molar-refractivity contribution in [3.8, 4) is 0 Å². The summed E-state index contributed by atoms with van der Waals surface area (Å²) in [5, 5.41) is 6.06. The van der Waals surface area contributed by atoms with Crippen LogP contribution in [0, 0.1) is 13.8 Å². The number of carbonyl (C=O) groups is 1. The molecule has 22 heavy (non-hydrogen) atoms. The van der Waals surface area contributed by atoms with Crippen LogP contribution in [-0.4, -0.2) is 27.5 Å². The van der Waals surface area contributed by atoms with Gasteiger partial charge in [0.2, 0.25) is 0 Å². The van der Waals surface area contributed by atoms with E-state index in [1.807, 2.05) is 36.3 Å². The molecule has 114 valence electrons. The van der Waals surface area contributed by atoms with Gasteiger partial charge >= 0.3 is 0 Å². The van der Waals surface area contributed by atoms with Crippen LogP contribution in [0.25, 0.3) is 10.2 Å². The van der Waals surface area contributed by atoms with Gasteiger partial charge in [0.05, 0.1) is 22.0 Å².